The molecular formula is C15H17NSi. The third-order valence-electron chi connectivity index (χ3n) is 2.41. The molecule has 0 unspecified atom stereocenters. The van der Waals surface area contributed by atoms with E-state index in [1.54, 1.807) is 0 Å². The van der Waals surface area contributed by atoms with Gasteiger partial charge in [-0.3, -0.25) is 4.98 Å². The molecule has 17 heavy (non-hydrogen) atoms. The number of benzene rings is 1. The van der Waals surface area contributed by atoms with Crippen molar-refractivity contribution < 1.29 is 0 Å². The smallest absolute Gasteiger partial charge is 0.129 e. The predicted octanol–water partition coefficient (Wildman–Crippen LogP) is 3.77. The molecule has 2 aromatic rings. The molecule has 1 heterocycles. The number of hydrogen-bond acceptors (Lipinski definition) is 1. The van der Waals surface area contributed by atoms with Crippen molar-refractivity contribution in [2.45, 2.75) is 26.6 Å². The zero-order valence-corrected chi connectivity index (χ0v) is 11.8. The number of nitrogens with zero attached hydrogens (tertiary/aromatic N) is 1. The molecule has 0 amide bonds. The number of rotatable bonds is 0. The lowest BCUT2D eigenvalue weighted by Gasteiger charge is -2.04. The lowest BCUT2D eigenvalue weighted by Crippen LogP contribution is -2.16. The molecule has 0 atom stereocenters. The fraction of sp³-hybridized carbons (Fsp3) is 0.267. The Morgan fingerprint density at radius 2 is 1.82 bits per heavy atom. The van der Waals surface area contributed by atoms with Crippen molar-refractivity contribution in [2.24, 2.45) is 0 Å². The molecule has 2 rings (SSSR count). The summed E-state index contributed by atoms with van der Waals surface area (Å²) in [6, 6.07) is 10.4. The van der Waals surface area contributed by atoms with Crippen LogP contribution in [0.25, 0.3) is 10.9 Å². The minimum Gasteiger partial charge on any atom is -0.253 e. The molecule has 0 N–H and O–H groups in total. The van der Waals surface area contributed by atoms with Crippen molar-refractivity contribution in [3.8, 4) is 11.5 Å². The van der Waals surface area contributed by atoms with E-state index in [9.17, 15) is 0 Å². The van der Waals surface area contributed by atoms with E-state index in [1.807, 2.05) is 13.0 Å². The Hall–Kier alpha value is -1.59. The summed E-state index contributed by atoms with van der Waals surface area (Å²) in [5.41, 5.74) is 6.57. The van der Waals surface area contributed by atoms with E-state index in [0.717, 1.165) is 22.2 Å². The normalized spacial score (nSPS) is 11.1. The summed E-state index contributed by atoms with van der Waals surface area (Å²) < 4.78 is 0. The topological polar surface area (TPSA) is 12.9 Å². The highest BCUT2D eigenvalue weighted by Gasteiger charge is 2.07. The third-order valence-corrected chi connectivity index (χ3v) is 3.29. The van der Waals surface area contributed by atoms with Crippen molar-refractivity contribution in [3.05, 3.63) is 41.6 Å². The first-order valence-corrected chi connectivity index (χ1v) is 9.35. The Morgan fingerprint density at radius 1 is 1.06 bits per heavy atom. The van der Waals surface area contributed by atoms with Gasteiger partial charge in [-0.25, -0.2) is 0 Å². The van der Waals surface area contributed by atoms with E-state index in [-0.39, 0.29) is 0 Å². The van der Waals surface area contributed by atoms with Gasteiger partial charge >= 0.3 is 0 Å². The lowest BCUT2D eigenvalue weighted by molar-refractivity contribution is 1.25. The van der Waals surface area contributed by atoms with Crippen LogP contribution in [0.2, 0.25) is 19.6 Å². The number of fused-ring (bicyclic) bond motifs is 1. The zero-order chi connectivity index (χ0) is 12.5. The van der Waals surface area contributed by atoms with Crippen LogP contribution >= 0.6 is 0 Å². The van der Waals surface area contributed by atoms with Gasteiger partial charge in [-0.15, -0.1) is 5.54 Å². The zero-order valence-electron chi connectivity index (χ0n) is 10.8. The van der Waals surface area contributed by atoms with Crippen molar-refractivity contribution in [1.82, 2.24) is 4.98 Å². The summed E-state index contributed by atoms with van der Waals surface area (Å²) in [5, 5.41) is 1.16. The Morgan fingerprint density at radius 3 is 2.53 bits per heavy atom. The van der Waals surface area contributed by atoms with E-state index >= 15 is 0 Å². The van der Waals surface area contributed by atoms with Gasteiger partial charge in [0.25, 0.3) is 0 Å². The first-order chi connectivity index (χ1) is 7.94. The maximum atomic E-state index is 4.49. The first-order valence-electron chi connectivity index (χ1n) is 5.85. The van der Waals surface area contributed by atoms with Gasteiger partial charge in [-0.2, -0.15) is 0 Å². The van der Waals surface area contributed by atoms with Gasteiger partial charge in [0.05, 0.1) is 5.52 Å². The highest BCUT2D eigenvalue weighted by atomic mass is 28.3. The number of aromatic nitrogens is 1. The van der Waals surface area contributed by atoms with Crippen LogP contribution in [0.3, 0.4) is 0 Å². The van der Waals surface area contributed by atoms with Gasteiger partial charge in [0.1, 0.15) is 8.07 Å². The first kappa shape index (κ1) is 11.9. The fourth-order valence-corrected chi connectivity index (χ4v) is 2.08. The van der Waals surface area contributed by atoms with Crippen LogP contribution in [0.15, 0.2) is 30.3 Å². The van der Waals surface area contributed by atoms with Crippen molar-refractivity contribution in [3.63, 3.8) is 0 Å². The Balaban J connectivity index is 2.44. The molecule has 0 aliphatic rings. The van der Waals surface area contributed by atoms with Gasteiger partial charge < -0.3 is 0 Å². The van der Waals surface area contributed by atoms with Gasteiger partial charge in [-0.05, 0) is 31.2 Å². The Bertz CT molecular complexity index is 612. The summed E-state index contributed by atoms with van der Waals surface area (Å²) in [4.78, 5) is 4.49. The van der Waals surface area contributed by atoms with E-state index in [4.69, 9.17) is 0 Å². The number of aryl methyl sites for hydroxylation is 1. The Kier molecular flexibility index (Phi) is 3.04. The summed E-state index contributed by atoms with van der Waals surface area (Å²) in [6.07, 6.45) is 0. The van der Waals surface area contributed by atoms with Gasteiger partial charge in [0, 0.05) is 16.6 Å². The van der Waals surface area contributed by atoms with Crippen LogP contribution < -0.4 is 0 Å². The van der Waals surface area contributed by atoms with Crippen LogP contribution in [0.4, 0.5) is 0 Å². The molecule has 1 aromatic carbocycles. The van der Waals surface area contributed by atoms with E-state index in [0.29, 0.717) is 0 Å². The lowest BCUT2D eigenvalue weighted by atomic mass is 10.1. The molecular weight excluding hydrogens is 222 g/mol. The van der Waals surface area contributed by atoms with Gasteiger partial charge in [-0.1, -0.05) is 31.6 Å². The summed E-state index contributed by atoms with van der Waals surface area (Å²) in [6.45, 7) is 8.78. The van der Waals surface area contributed by atoms with Crippen LogP contribution in [-0.2, 0) is 0 Å². The molecule has 0 bridgehead atoms. The summed E-state index contributed by atoms with van der Waals surface area (Å²) in [5.74, 6) is 3.28. The molecule has 0 fully saturated rings. The predicted molar refractivity (Wildman–Crippen MR) is 76.7 cm³/mol. The summed E-state index contributed by atoms with van der Waals surface area (Å²) >= 11 is 0. The quantitative estimate of drug-likeness (QED) is 0.504. The highest BCUT2D eigenvalue weighted by molar-refractivity contribution is 6.83. The molecule has 0 saturated heterocycles. The SMILES string of the molecule is Cc1ccc2cc(C#C[Si](C)(C)C)ccc2n1. The fourth-order valence-electron chi connectivity index (χ4n) is 1.56. The molecule has 86 valence electrons. The second-order valence-electron chi connectivity index (χ2n) is 5.36. The van der Waals surface area contributed by atoms with Crippen LogP contribution in [0, 0.1) is 18.4 Å². The number of hydrogen-bond donors (Lipinski definition) is 0. The molecule has 1 nitrogen and oxygen atoms in total. The number of pyridine rings is 1. The van der Waals surface area contributed by atoms with Crippen LogP contribution in [0.1, 0.15) is 11.3 Å². The molecule has 1 aromatic heterocycles. The molecule has 0 saturated carbocycles. The maximum Gasteiger partial charge on any atom is 0.129 e. The van der Waals surface area contributed by atoms with Gasteiger partial charge in [0.15, 0.2) is 0 Å². The summed E-state index contributed by atoms with van der Waals surface area (Å²) in [7, 11) is -1.29. The van der Waals surface area contributed by atoms with Crippen molar-refractivity contribution >= 4 is 19.0 Å². The maximum absolute atomic E-state index is 4.49. The average Bonchev–Trinajstić information content (AvgIpc) is 2.25. The second kappa shape index (κ2) is 4.35. The standard InChI is InChI=1S/C15H17NSi/c1-12-5-7-14-11-13(6-8-15(14)16-12)9-10-17(2,3)4/h5-8,11H,1-4H3. The highest BCUT2D eigenvalue weighted by Crippen LogP contribution is 2.14. The molecule has 0 radical (unpaired) electrons. The van der Waals surface area contributed by atoms with Gasteiger partial charge in [0.2, 0.25) is 0 Å². The molecule has 0 aliphatic heterocycles. The van der Waals surface area contributed by atoms with E-state index in [2.05, 4.69) is 60.4 Å². The molecule has 2 heteroatoms. The minimum atomic E-state index is -1.29. The van der Waals surface area contributed by atoms with E-state index < -0.39 is 8.07 Å². The van der Waals surface area contributed by atoms with Crippen LogP contribution in [-0.4, -0.2) is 13.1 Å². The molecule has 0 aliphatic carbocycles. The average molecular weight is 239 g/mol. The van der Waals surface area contributed by atoms with Crippen LogP contribution in [0.5, 0.6) is 0 Å². The third kappa shape index (κ3) is 3.18. The largest absolute Gasteiger partial charge is 0.253 e. The molecule has 0 spiro atoms. The second-order valence-corrected chi connectivity index (χ2v) is 10.1. The van der Waals surface area contributed by atoms with E-state index in [1.165, 1.54) is 0 Å². The minimum absolute atomic E-state index is 1.04. The monoisotopic (exact) mass is 239 g/mol. The Labute approximate surface area is 104 Å². The van der Waals surface area contributed by atoms with Crippen molar-refractivity contribution in [2.75, 3.05) is 0 Å². The van der Waals surface area contributed by atoms with Crippen molar-refractivity contribution in [1.29, 1.82) is 0 Å².